The molecule has 2 unspecified atom stereocenters. The molecule has 5 nitrogen and oxygen atoms in total. The second kappa shape index (κ2) is 9.25. The van der Waals surface area contributed by atoms with Crippen LogP contribution in [0, 0.1) is 17.8 Å². The van der Waals surface area contributed by atoms with E-state index in [4.69, 9.17) is 4.74 Å². The van der Waals surface area contributed by atoms with E-state index in [1.165, 1.54) is 6.07 Å². The van der Waals surface area contributed by atoms with E-state index in [0.717, 1.165) is 50.8 Å². The molecule has 1 aromatic heterocycles. The van der Waals surface area contributed by atoms with Gasteiger partial charge in [-0.05, 0) is 68.9 Å². The molecule has 2 aliphatic rings. The van der Waals surface area contributed by atoms with Crippen molar-refractivity contribution in [1.82, 2.24) is 10.3 Å². The van der Waals surface area contributed by atoms with E-state index in [2.05, 4.69) is 36.4 Å². The van der Waals surface area contributed by atoms with E-state index in [9.17, 15) is 18.0 Å². The van der Waals surface area contributed by atoms with Gasteiger partial charge in [0, 0.05) is 6.20 Å². The smallest absolute Gasteiger partial charge is 0.417 e. The highest BCUT2D eigenvalue weighted by molar-refractivity contribution is 5.68. The van der Waals surface area contributed by atoms with Crippen molar-refractivity contribution in [3.63, 3.8) is 0 Å². The summed E-state index contributed by atoms with van der Waals surface area (Å²) in [7, 11) is 0. The molecule has 0 saturated heterocycles. The first-order valence-corrected chi connectivity index (χ1v) is 11.3. The molecule has 1 heterocycles. The second-order valence-corrected chi connectivity index (χ2v) is 9.83. The summed E-state index contributed by atoms with van der Waals surface area (Å²) in [5.74, 6) is 1.72. The lowest BCUT2D eigenvalue weighted by atomic mass is 9.75. The minimum absolute atomic E-state index is 0.0825. The van der Waals surface area contributed by atoms with E-state index < -0.39 is 23.4 Å². The van der Waals surface area contributed by atoms with Crippen molar-refractivity contribution in [2.24, 2.45) is 17.8 Å². The zero-order valence-electron chi connectivity index (χ0n) is 18.8. The number of carbonyl (C=O) groups excluding carboxylic acids is 1. The van der Waals surface area contributed by atoms with Crippen LogP contribution in [0.4, 0.5) is 23.8 Å². The summed E-state index contributed by atoms with van der Waals surface area (Å²) < 4.78 is 44.2. The number of alkyl halides is 3. The Kier molecular flexibility index (Phi) is 7.06. The Morgan fingerprint density at radius 2 is 2.00 bits per heavy atom. The van der Waals surface area contributed by atoms with Crippen LogP contribution >= 0.6 is 0 Å². The molecule has 3 rings (SSSR count). The van der Waals surface area contributed by atoms with Crippen molar-refractivity contribution in [3.05, 3.63) is 23.9 Å². The first-order valence-electron chi connectivity index (χ1n) is 11.3. The Balaban J connectivity index is 1.62. The van der Waals surface area contributed by atoms with Crippen LogP contribution in [0.5, 0.6) is 0 Å². The number of pyridine rings is 1. The lowest BCUT2D eigenvalue weighted by molar-refractivity contribution is -0.137. The Morgan fingerprint density at radius 3 is 2.61 bits per heavy atom. The van der Waals surface area contributed by atoms with Gasteiger partial charge in [-0.1, -0.05) is 27.2 Å². The van der Waals surface area contributed by atoms with Crippen molar-refractivity contribution in [3.8, 4) is 0 Å². The number of ether oxygens (including phenoxy) is 1. The molecule has 2 N–H and O–H groups in total. The summed E-state index contributed by atoms with van der Waals surface area (Å²) in [5.41, 5.74) is -1.29. The van der Waals surface area contributed by atoms with Crippen LogP contribution in [-0.2, 0) is 10.9 Å². The fraction of sp³-hybridized carbons (Fsp3) is 0.739. The predicted octanol–water partition coefficient (Wildman–Crippen LogP) is 6.01. The van der Waals surface area contributed by atoms with Crippen LogP contribution in [0.2, 0.25) is 0 Å². The summed E-state index contributed by atoms with van der Waals surface area (Å²) >= 11 is 0. The number of hydrogen-bond acceptors (Lipinski definition) is 4. The molecular formula is C23H34F3N3O2. The molecule has 31 heavy (non-hydrogen) atoms. The van der Waals surface area contributed by atoms with Gasteiger partial charge in [-0.25, -0.2) is 9.78 Å². The third kappa shape index (κ3) is 5.83. The number of anilines is 1. The zero-order valence-corrected chi connectivity index (χ0v) is 18.8. The van der Waals surface area contributed by atoms with Gasteiger partial charge in [0.2, 0.25) is 0 Å². The number of aromatic nitrogens is 1. The maximum Gasteiger partial charge on any atom is 0.417 e. The predicted molar refractivity (Wildman–Crippen MR) is 114 cm³/mol. The number of nitrogens with zero attached hydrogens (tertiary/aromatic N) is 1. The quantitative estimate of drug-likeness (QED) is 0.587. The highest BCUT2D eigenvalue weighted by Crippen LogP contribution is 2.37. The molecule has 0 spiro atoms. The highest BCUT2D eigenvalue weighted by atomic mass is 19.4. The third-order valence-corrected chi connectivity index (χ3v) is 6.97. The minimum atomic E-state index is -4.42. The first kappa shape index (κ1) is 23.7. The Labute approximate surface area is 182 Å². The van der Waals surface area contributed by atoms with Crippen LogP contribution in [0.1, 0.15) is 71.8 Å². The van der Waals surface area contributed by atoms with Crippen LogP contribution in [0.3, 0.4) is 0 Å². The summed E-state index contributed by atoms with van der Waals surface area (Å²) in [6, 6.07) is 2.15. The Morgan fingerprint density at radius 1 is 1.26 bits per heavy atom. The first-order chi connectivity index (χ1) is 14.5. The van der Waals surface area contributed by atoms with Crippen molar-refractivity contribution < 1.29 is 22.7 Å². The normalized spacial score (nSPS) is 31.5. The average molecular weight is 442 g/mol. The molecule has 0 aliphatic heterocycles. The van der Waals surface area contributed by atoms with Gasteiger partial charge in [-0.15, -0.1) is 0 Å². The zero-order chi connectivity index (χ0) is 22.8. The maximum atomic E-state index is 12.8. The summed E-state index contributed by atoms with van der Waals surface area (Å²) in [6.45, 7) is 8.50. The van der Waals surface area contributed by atoms with Crippen molar-refractivity contribution >= 4 is 11.9 Å². The molecule has 5 atom stereocenters. The van der Waals surface area contributed by atoms with E-state index in [-0.39, 0.29) is 12.1 Å². The number of rotatable bonds is 5. The number of hydrogen-bond donors (Lipinski definition) is 2. The van der Waals surface area contributed by atoms with Crippen LogP contribution in [0.15, 0.2) is 18.3 Å². The molecule has 2 fully saturated rings. The molecule has 1 aromatic rings. The van der Waals surface area contributed by atoms with E-state index >= 15 is 0 Å². The summed E-state index contributed by atoms with van der Waals surface area (Å²) in [4.78, 5) is 16.7. The van der Waals surface area contributed by atoms with Gasteiger partial charge in [0.25, 0.3) is 0 Å². The van der Waals surface area contributed by atoms with E-state index in [1.54, 1.807) is 0 Å². The van der Waals surface area contributed by atoms with Gasteiger partial charge >= 0.3 is 12.3 Å². The maximum absolute atomic E-state index is 12.8. The van der Waals surface area contributed by atoms with E-state index in [0.29, 0.717) is 23.6 Å². The highest BCUT2D eigenvalue weighted by Gasteiger charge is 2.41. The fourth-order valence-electron chi connectivity index (χ4n) is 5.04. The van der Waals surface area contributed by atoms with Gasteiger partial charge in [0.15, 0.2) is 0 Å². The Hall–Kier alpha value is -1.99. The fourth-order valence-corrected chi connectivity index (χ4v) is 5.04. The molecule has 0 aromatic carbocycles. The number of halogens is 3. The molecule has 0 bridgehead atoms. The van der Waals surface area contributed by atoms with Crippen LogP contribution < -0.4 is 10.6 Å². The summed E-state index contributed by atoms with van der Waals surface area (Å²) in [5, 5.41) is 6.26. The number of alkyl carbamates (subject to hydrolysis) is 1. The monoisotopic (exact) mass is 441 g/mol. The topological polar surface area (TPSA) is 63.2 Å². The third-order valence-electron chi connectivity index (χ3n) is 6.97. The number of carbonyl (C=O) groups is 1. The van der Waals surface area contributed by atoms with Crippen molar-refractivity contribution in [2.45, 2.75) is 90.1 Å². The molecule has 0 radical (unpaired) electrons. The standard InChI is InChI=1S/C23H34F3N3O2/c1-14(2)17-9-7-15(3)12-18(17)31-21(30)28-19-6-5-11-22(19,4)29-20-10-8-16(13-27-20)23(24,25)26/h8,10,13-15,17-19H,5-7,9,11-12H2,1-4H3,(H,27,29)(H,28,30)/t15-,17-,18-,19?,22?/m1/s1. The van der Waals surface area contributed by atoms with Gasteiger partial charge in [0.1, 0.15) is 11.9 Å². The van der Waals surface area contributed by atoms with Crippen LogP contribution in [-0.4, -0.2) is 28.8 Å². The van der Waals surface area contributed by atoms with Gasteiger partial charge < -0.3 is 15.4 Å². The van der Waals surface area contributed by atoms with Gasteiger partial charge in [0.05, 0.1) is 17.1 Å². The number of nitrogens with one attached hydrogen (secondary N) is 2. The van der Waals surface area contributed by atoms with E-state index in [1.807, 2.05) is 6.92 Å². The molecule has 2 saturated carbocycles. The van der Waals surface area contributed by atoms with Crippen molar-refractivity contribution in [1.29, 1.82) is 0 Å². The van der Waals surface area contributed by atoms with Gasteiger partial charge in [-0.3, -0.25) is 0 Å². The SMILES string of the molecule is CC(C)[C@H]1CC[C@@H](C)C[C@H]1OC(=O)NC1CCCC1(C)Nc1ccc(C(F)(F)F)cn1. The minimum Gasteiger partial charge on any atom is -0.446 e. The second-order valence-electron chi connectivity index (χ2n) is 9.83. The lowest BCUT2D eigenvalue weighted by Gasteiger charge is -2.38. The molecule has 2 aliphatic carbocycles. The van der Waals surface area contributed by atoms with Crippen molar-refractivity contribution in [2.75, 3.05) is 5.32 Å². The molecular weight excluding hydrogens is 407 g/mol. The average Bonchev–Trinajstić information content (AvgIpc) is 3.01. The molecule has 174 valence electrons. The van der Waals surface area contributed by atoms with Crippen LogP contribution in [0.25, 0.3) is 0 Å². The molecule has 8 heteroatoms. The lowest BCUT2D eigenvalue weighted by Crippen LogP contribution is -2.53. The van der Waals surface area contributed by atoms with Gasteiger partial charge in [-0.2, -0.15) is 13.2 Å². The number of amides is 1. The largest absolute Gasteiger partial charge is 0.446 e. The summed E-state index contributed by atoms with van der Waals surface area (Å²) in [6.07, 6.45) is 1.47. The Bertz CT molecular complexity index is 753. The molecule has 1 amide bonds.